The first-order valence-electron chi connectivity index (χ1n) is 4.19. The highest BCUT2D eigenvalue weighted by molar-refractivity contribution is 6.36. The Morgan fingerprint density at radius 3 is 2.86 bits per heavy atom. The third-order valence-corrected chi connectivity index (χ3v) is 2.14. The molecule has 1 aromatic heterocycles. The van der Waals surface area contributed by atoms with Crippen LogP contribution in [0.25, 0.3) is 10.9 Å². The molecule has 0 fully saturated rings. The van der Waals surface area contributed by atoms with E-state index in [2.05, 4.69) is 4.98 Å². The van der Waals surface area contributed by atoms with E-state index in [1.54, 1.807) is 38.3 Å². The van der Waals surface area contributed by atoms with Crippen molar-refractivity contribution in [1.82, 2.24) is 4.98 Å². The molecule has 0 radical (unpaired) electrons. The van der Waals surface area contributed by atoms with Crippen molar-refractivity contribution in [2.45, 2.75) is 0 Å². The lowest BCUT2D eigenvalue weighted by atomic mass is 9.92. The Kier molecular flexibility index (Phi) is 1.92. The van der Waals surface area contributed by atoms with E-state index in [4.69, 9.17) is 0 Å². The topological polar surface area (TPSA) is 56.0 Å². The zero-order chi connectivity index (χ0) is 10.1. The normalized spacial score (nSPS) is 10.3. The summed E-state index contributed by atoms with van der Waals surface area (Å²) in [7, 11) is 1.73. The number of pyridine rings is 1. The van der Waals surface area contributed by atoms with Crippen LogP contribution in [-0.4, -0.2) is 17.8 Å². The smallest absolute Gasteiger partial charge is 0.258 e. The largest absolute Gasteiger partial charge is 0.272 e. The molecule has 0 atom stereocenters. The van der Waals surface area contributed by atoms with Crippen molar-refractivity contribution in [3.05, 3.63) is 40.6 Å². The summed E-state index contributed by atoms with van der Waals surface area (Å²) >= 11 is 0. The minimum atomic E-state index is -0.362. The molecule has 0 aliphatic carbocycles. The fraction of sp³-hybridized carbons (Fsp3) is 0. The summed E-state index contributed by atoms with van der Waals surface area (Å²) in [6, 6.07) is 6.92. The molecular weight excluding hydrogens is 179 g/mol. The average molecular weight is 186 g/mol. The zero-order valence-electron chi connectivity index (χ0n) is 7.60. The minimum Gasteiger partial charge on any atom is -0.258 e. The number of aromatic nitrogens is 1. The van der Waals surface area contributed by atoms with E-state index in [-0.39, 0.29) is 10.6 Å². The number of hydrogen-bond donors (Lipinski definition) is 0. The Labute approximate surface area is 81.1 Å². The SMILES string of the molecule is Bc1ccc2ncccc2c1[N+](=O)[O-]. The molecule has 14 heavy (non-hydrogen) atoms. The highest BCUT2D eigenvalue weighted by Gasteiger charge is 2.14. The van der Waals surface area contributed by atoms with E-state index >= 15 is 0 Å². The summed E-state index contributed by atoms with van der Waals surface area (Å²) in [5.74, 6) is 0. The fourth-order valence-electron chi connectivity index (χ4n) is 1.49. The van der Waals surface area contributed by atoms with Gasteiger partial charge in [0.15, 0.2) is 0 Å². The molecule has 2 aromatic rings. The van der Waals surface area contributed by atoms with Gasteiger partial charge in [0.05, 0.1) is 15.8 Å². The number of nitro groups is 1. The molecule has 2 rings (SSSR count). The third kappa shape index (κ3) is 1.23. The Hall–Kier alpha value is -1.91. The van der Waals surface area contributed by atoms with Crippen molar-refractivity contribution in [2.75, 3.05) is 0 Å². The van der Waals surface area contributed by atoms with Gasteiger partial charge in [-0.05, 0) is 23.7 Å². The van der Waals surface area contributed by atoms with Gasteiger partial charge in [0.2, 0.25) is 0 Å². The summed E-state index contributed by atoms with van der Waals surface area (Å²) in [5, 5.41) is 11.4. The van der Waals surface area contributed by atoms with Crippen LogP contribution < -0.4 is 5.46 Å². The van der Waals surface area contributed by atoms with E-state index in [9.17, 15) is 10.1 Å². The molecule has 4 nitrogen and oxygen atoms in total. The summed E-state index contributed by atoms with van der Waals surface area (Å²) in [4.78, 5) is 14.5. The zero-order valence-corrected chi connectivity index (χ0v) is 7.60. The number of hydrogen-bond acceptors (Lipinski definition) is 3. The Morgan fingerprint density at radius 1 is 1.36 bits per heavy atom. The molecule has 0 saturated carbocycles. The van der Waals surface area contributed by atoms with Gasteiger partial charge in [-0.2, -0.15) is 0 Å². The monoisotopic (exact) mass is 186 g/mol. The molecule has 0 aliphatic rings. The quantitative estimate of drug-likeness (QED) is 0.368. The van der Waals surface area contributed by atoms with Crippen molar-refractivity contribution in [1.29, 1.82) is 0 Å². The summed E-state index contributed by atoms with van der Waals surface area (Å²) < 4.78 is 0. The van der Waals surface area contributed by atoms with Crippen LogP contribution in [-0.2, 0) is 0 Å². The van der Waals surface area contributed by atoms with Gasteiger partial charge in [-0.1, -0.05) is 6.07 Å². The first kappa shape index (κ1) is 8.68. The van der Waals surface area contributed by atoms with Crippen molar-refractivity contribution < 1.29 is 4.92 Å². The van der Waals surface area contributed by atoms with Gasteiger partial charge in [-0.15, -0.1) is 0 Å². The van der Waals surface area contributed by atoms with E-state index in [1.807, 2.05) is 0 Å². The van der Waals surface area contributed by atoms with Gasteiger partial charge in [-0.25, -0.2) is 0 Å². The lowest BCUT2D eigenvalue weighted by Crippen LogP contribution is -2.09. The molecule has 1 heterocycles. The predicted octanol–water partition coefficient (Wildman–Crippen LogP) is 0.401. The number of benzene rings is 1. The van der Waals surface area contributed by atoms with Crippen LogP contribution >= 0.6 is 0 Å². The van der Waals surface area contributed by atoms with Crippen molar-refractivity contribution in [3.63, 3.8) is 0 Å². The summed E-state index contributed by atoms with van der Waals surface area (Å²) in [6.07, 6.45) is 1.63. The summed E-state index contributed by atoms with van der Waals surface area (Å²) in [5.41, 5.74) is 1.47. The van der Waals surface area contributed by atoms with Crippen LogP contribution in [0.4, 0.5) is 5.69 Å². The fourth-order valence-corrected chi connectivity index (χ4v) is 1.49. The van der Waals surface area contributed by atoms with Gasteiger partial charge in [-0.3, -0.25) is 15.1 Å². The second-order valence-electron chi connectivity index (χ2n) is 3.06. The molecule has 0 aliphatic heterocycles. The number of fused-ring (bicyclic) bond motifs is 1. The Balaban J connectivity index is 2.90. The van der Waals surface area contributed by atoms with Gasteiger partial charge < -0.3 is 0 Å². The van der Waals surface area contributed by atoms with E-state index in [0.29, 0.717) is 16.4 Å². The predicted molar refractivity (Wildman–Crippen MR) is 56.6 cm³/mol. The number of nitrogens with zero attached hydrogens (tertiary/aromatic N) is 2. The van der Waals surface area contributed by atoms with E-state index in [1.165, 1.54) is 0 Å². The molecule has 0 spiro atoms. The molecule has 0 N–H and O–H groups in total. The van der Waals surface area contributed by atoms with Gasteiger partial charge in [0, 0.05) is 6.20 Å². The second-order valence-corrected chi connectivity index (χ2v) is 3.06. The Morgan fingerprint density at radius 2 is 2.14 bits per heavy atom. The van der Waals surface area contributed by atoms with Crippen LogP contribution in [0, 0.1) is 10.1 Å². The lowest BCUT2D eigenvalue weighted by molar-refractivity contribution is -0.381. The third-order valence-electron chi connectivity index (χ3n) is 2.14. The highest BCUT2D eigenvalue weighted by atomic mass is 16.6. The molecule has 0 bridgehead atoms. The molecule has 68 valence electrons. The van der Waals surface area contributed by atoms with Crippen molar-refractivity contribution >= 4 is 29.9 Å². The standard InChI is InChI=1S/C9H7BN2O2/c10-7-3-4-8-6(2-1-5-11-8)9(7)12(13)14/h1-5H,10H2. The molecule has 0 unspecified atom stereocenters. The van der Waals surface area contributed by atoms with Crippen LogP contribution in [0.2, 0.25) is 0 Å². The van der Waals surface area contributed by atoms with Gasteiger partial charge in [0.25, 0.3) is 5.69 Å². The van der Waals surface area contributed by atoms with Gasteiger partial charge in [0.1, 0.15) is 7.85 Å². The number of nitro benzene ring substituents is 1. The second kappa shape index (κ2) is 3.10. The van der Waals surface area contributed by atoms with E-state index in [0.717, 1.165) is 0 Å². The average Bonchev–Trinajstić information content (AvgIpc) is 2.17. The maximum absolute atomic E-state index is 10.8. The van der Waals surface area contributed by atoms with Crippen LogP contribution in [0.5, 0.6) is 0 Å². The van der Waals surface area contributed by atoms with Crippen LogP contribution in [0.1, 0.15) is 0 Å². The van der Waals surface area contributed by atoms with Crippen molar-refractivity contribution in [2.24, 2.45) is 0 Å². The first-order chi connectivity index (χ1) is 6.70. The first-order valence-corrected chi connectivity index (χ1v) is 4.19. The molecular formula is C9H7BN2O2. The molecule has 5 heteroatoms. The van der Waals surface area contributed by atoms with Gasteiger partial charge >= 0.3 is 0 Å². The maximum Gasteiger partial charge on any atom is 0.272 e. The molecule has 0 amide bonds. The molecule has 0 saturated heterocycles. The van der Waals surface area contributed by atoms with Crippen LogP contribution in [0.3, 0.4) is 0 Å². The summed E-state index contributed by atoms with van der Waals surface area (Å²) in [6.45, 7) is 0. The minimum absolute atomic E-state index is 0.149. The van der Waals surface area contributed by atoms with Crippen LogP contribution in [0.15, 0.2) is 30.5 Å². The number of rotatable bonds is 1. The van der Waals surface area contributed by atoms with Crippen molar-refractivity contribution in [3.8, 4) is 0 Å². The Bertz CT molecular complexity index is 513. The maximum atomic E-state index is 10.8. The lowest BCUT2D eigenvalue weighted by Gasteiger charge is -2.00. The highest BCUT2D eigenvalue weighted by Crippen LogP contribution is 2.20. The molecule has 1 aromatic carbocycles. The van der Waals surface area contributed by atoms with E-state index < -0.39 is 0 Å².